The fraction of sp³-hybridized carbons (Fsp3) is 0.318. The van der Waals surface area contributed by atoms with Crippen molar-refractivity contribution in [2.24, 2.45) is 0 Å². The molecule has 1 atom stereocenters. The molecule has 1 saturated heterocycles. The number of nitrogens with zero attached hydrogens (tertiary/aromatic N) is 3. The van der Waals surface area contributed by atoms with Gasteiger partial charge in [-0.1, -0.05) is 42.5 Å². The summed E-state index contributed by atoms with van der Waals surface area (Å²) in [5, 5.41) is 7.87. The highest BCUT2D eigenvalue weighted by Crippen LogP contribution is 2.16. The number of morpholine rings is 1. The van der Waals surface area contributed by atoms with Crippen LogP contribution in [0.3, 0.4) is 0 Å². The van der Waals surface area contributed by atoms with Crippen LogP contribution in [0.5, 0.6) is 0 Å². The van der Waals surface area contributed by atoms with E-state index in [9.17, 15) is 9.59 Å². The summed E-state index contributed by atoms with van der Waals surface area (Å²) < 4.78 is 7.00. The second-order valence-corrected chi connectivity index (χ2v) is 7.13. The van der Waals surface area contributed by atoms with E-state index >= 15 is 0 Å². The number of fused-ring (bicyclic) bond motifs is 1. The normalized spacial score (nSPS) is 15.9. The van der Waals surface area contributed by atoms with Crippen LogP contribution in [-0.2, 0) is 16.1 Å². The minimum Gasteiger partial charge on any atom is -0.379 e. The van der Waals surface area contributed by atoms with Gasteiger partial charge in [-0.05, 0) is 17.7 Å². The lowest BCUT2D eigenvalue weighted by atomic mass is 10.1. The van der Waals surface area contributed by atoms with Gasteiger partial charge in [-0.3, -0.25) is 19.2 Å². The first-order valence-electron chi connectivity index (χ1n) is 9.80. The molecule has 2 heterocycles. The Bertz CT molecular complexity index is 1030. The van der Waals surface area contributed by atoms with Gasteiger partial charge < -0.3 is 10.1 Å². The van der Waals surface area contributed by atoms with E-state index in [4.69, 9.17) is 4.74 Å². The van der Waals surface area contributed by atoms with E-state index in [1.54, 1.807) is 16.8 Å². The number of amides is 1. The average Bonchev–Trinajstić information content (AvgIpc) is 2.77. The van der Waals surface area contributed by atoms with Crippen LogP contribution >= 0.6 is 0 Å². The molecule has 7 heteroatoms. The third kappa shape index (κ3) is 4.70. The van der Waals surface area contributed by atoms with Gasteiger partial charge in [-0.15, -0.1) is 0 Å². The van der Waals surface area contributed by atoms with Gasteiger partial charge in [0, 0.05) is 25.0 Å². The van der Waals surface area contributed by atoms with Crippen LogP contribution < -0.4 is 10.7 Å². The van der Waals surface area contributed by atoms with Crippen molar-refractivity contribution in [3.8, 4) is 0 Å². The van der Waals surface area contributed by atoms with Crippen LogP contribution in [0.4, 0.5) is 0 Å². The molecule has 1 aliphatic heterocycles. The summed E-state index contributed by atoms with van der Waals surface area (Å²) in [5.41, 5.74) is 1.57. The number of hydrogen-bond acceptors (Lipinski definition) is 5. The largest absolute Gasteiger partial charge is 0.379 e. The smallest absolute Gasteiger partial charge is 0.242 e. The van der Waals surface area contributed by atoms with E-state index in [0.717, 1.165) is 25.2 Å². The fourth-order valence-electron chi connectivity index (χ4n) is 3.62. The molecular weight excluding hydrogens is 368 g/mol. The zero-order valence-electron chi connectivity index (χ0n) is 16.2. The molecule has 0 bridgehead atoms. The molecule has 1 N–H and O–H groups in total. The highest BCUT2D eigenvalue weighted by Gasteiger charge is 2.20. The van der Waals surface area contributed by atoms with Gasteiger partial charge in [-0.25, -0.2) is 0 Å². The number of carbonyl (C=O) groups is 1. The van der Waals surface area contributed by atoms with Gasteiger partial charge >= 0.3 is 0 Å². The maximum Gasteiger partial charge on any atom is 0.242 e. The number of rotatable bonds is 6. The lowest BCUT2D eigenvalue weighted by Crippen LogP contribution is -2.43. The molecule has 1 amide bonds. The van der Waals surface area contributed by atoms with Crippen molar-refractivity contribution in [2.75, 3.05) is 32.8 Å². The van der Waals surface area contributed by atoms with E-state index in [1.165, 1.54) is 6.20 Å². The summed E-state index contributed by atoms with van der Waals surface area (Å²) in [7, 11) is 0. The van der Waals surface area contributed by atoms with Crippen LogP contribution in [0, 0.1) is 0 Å². The third-order valence-corrected chi connectivity index (χ3v) is 5.14. The highest BCUT2D eigenvalue weighted by molar-refractivity contribution is 5.81. The van der Waals surface area contributed by atoms with Crippen LogP contribution in [-0.4, -0.2) is 53.4 Å². The molecule has 7 nitrogen and oxygen atoms in total. The molecule has 0 aliphatic carbocycles. The lowest BCUT2D eigenvalue weighted by molar-refractivity contribution is -0.122. The third-order valence-electron chi connectivity index (χ3n) is 5.14. The summed E-state index contributed by atoms with van der Waals surface area (Å²) in [6.45, 7) is 3.90. The number of carbonyl (C=O) groups excluding carboxylic acids is 1. The molecule has 1 aromatic heterocycles. The summed E-state index contributed by atoms with van der Waals surface area (Å²) in [6.07, 6.45) is 1.26. The lowest BCUT2D eigenvalue weighted by Gasteiger charge is -2.31. The number of benzene rings is 2. The van der Waals surface area contributed by atoms with Crippen molar-refractivity contribution in [1.82, 2.24) is 20.0 Å². The Kier molecular flexibility index (Phi) is 5.97. The molecule has 0 spiro atoms. The maximum atomic E-state index is 12.9. The molecule has 29 heavy (non-hydrogen) atoms. The van der Waals surface area contributed by atoms with E-state index < -0.39 is 0 Å². The van der Waals surface area contributed by atoms with Crippen molar-refractivity contribution in [3.63, 3.8) is 0 Å². The molecule has 0 radical (unpaired) electrons. The van der Waals surface area contributed by atoms with Gasteiger partial charge in [-0.2, -0.15) is 5.10 Å². The van der Waals surface area contributed by atoms with Crippen LogP contribution in [0.2, 0.25) is 0 Å². The van der Waals surface area contributed by atoms with E-state index in [-0.39, 0.29) is 23.9 Å². The summed E-state index contributed by atoms with van der Waals surface area (Å²) in [4.78, 5) is 27.2. The summed E-state index contributed by atoms with van der Waals surface area (Å²) >= 11 is 0. The number of para-hydroxylation sites is 1. The average molecular weight is 392 g/mol. The predicted octanol–water partition coefficient (Wildman–Crippen LogP) is 1.59. The van der Waals surface area contributed by atoms with Gasteiger partial charge in [0.25, 0.3) is 0 Å². The fourth-order valence-corrected chi connectivity index (χ4v) is 3.62. The van der Waals surface area contributed by atoms with Crippen molar-refractivity contribution in [3.05, 3.63) is 76.6 Å². The maximum absolute atomic E-state index is 12.9. The van der Waals surface area contributed by atoms with E-state index in [1.807, 2.05) is 42.5 Å². The minimum atomic E-state index is -0.147. The number of hydrogen-bond donors (Lipinski definition) is 1. The Hall–Kier alpha value is -3.03. The zero-order chi connectivity index (χ0) is 20.1. The Morgan fingerprint density at radius 3 is 2.59 bits per heavy atom. The summed E-state index contributed by atoms with van der Waals surface area (Å²) in [5.74, 6) is -0.145. The zero-order valence-corrected chi connectivity index (χ0v) is 16.2. The van der Waals surface area contributed by atoms with Crippen molar-refractivity contribution in [1.29, 1.82) is 0 Å². The van der Waals surface area contributed by atoms with E-state index in [2.05, 4.69) is 15.3 Å². The van der Waals surface area contributed by atoms with E-state index in [0.29, 0.717) is 24.1 Å². The quantitative estimate of drug-likeness (QED) is 0.689. The SMILES string of the molecule is O=C(Cn1ncc(=O)c2ccccc21)N[C@@H](CN1CCOCC1)c1ccccc1. The van der Waals surface area contributed by atoms with Gasteiger partial charge in [0.2, 0.25) is 11.3 Å². The minimum absolute atomic E-state index is 0.0488. The second kappa shape index (κ2) is 8.98. The van der Waals surface area contributed by atoms with Crippen LogP contribution in [0.15, 0.2) is 65.6 Å². The van der Waals surface area contributed by atoms with Crippen molar-refractivity contribution in [2.45, 2.75) is 12.6 Å². The first-order chi connectivity index (χ1) is 14.2. The standard InChI is InChI=1S/C22H24N4O3/c27-21-14-23-26(20-9-5-4-8-18(20)21)16-22(28)24-19(17-6-2-1-3-7-17)15-25-10-12-29-13-11-25/h1-9,14,19H,10-13,15-16H2,(H,24,28)/t19-/m0/s1. The molecular formula is C22H24N4O3. The Morgan fingerprint density at radius 2 is 1.79 bits per heavy atom. The predicted molar refractivity (Wildman–Crippen MR) is 111 cm³/mol. The summed E-state index contributed by atoms with van der Waals surface area (Å²) in [6, 6.07) is 17.0. The molecule has 0 unspecified atom stereocenters. The second-order valence-electron chi connectivity index (χ2n) is 7.13. The van der Waals surface area contributed by atoms with Gasteiger partial charge in [0.15, 0.2) is 0 Å². The highest BCUT2D eigenvalue weighted by atomic mass is 16.5. The van der Waals surface area contributed by atoms with Gasteiger partial charge in [0.1, 0.15) is 6.54 Å². The molecule has 3 aromatic rings. The number of nitrogens with one attached hydrogen (secondary N) is 1. The molecule has 1 aliphatic rings. The first kappa shape index (κ1) is 19.3. The Balaban J connectivity index is 1.52. The van der Waals surface area contributed by atoms with Crippen LogP contribution in [0.25, 0.3) is 10.9 Å². The molecule has 150 valence electrons. The van der Waals surface area contributed by atoms with Gasteiger partial charge in [0.05, 0.1) is 31.0 Å². The number of ether oxygens (including phenoxy) is 1. The molecule has 0 saturated carbocycles. The van der Waals surface area contributed by atoms with Crippen molar-refractivity contribution >= 4 is 16.8 Å². The first-order valence-corrected chi connectivity index (χ1v) is 9.80. The molecule has 2 aromatic carbocycles. The van der Waals surface area contributed by atoms with Crippen LogP contribution in [0.1, 0.15) is 11.6 Å². The molecule has 4 rings (SSSR count). The van der Waals surface area contributed by atoms with Crippen molar-refractivity contribution < 1.29 is 9.53 Å². The Labute approximate surface area is 168 Å². The molecule has 1 fully saturated rings. The Morgan fingerprint density at radius 1 is 1.07 bits per heavy atom. The topological polar surface area (TPSA) is 76.5 Å². The monoisotopic (exact) mass is 392 g/mol. The number of aromatic nitrogens is 2.